The Balaban J connectivity index is 1.45. The first-order valence-electron chi connectivity index (χ1n) is 12.4. The average Bonchev–Trinajstić information content (AvgIpc) is 3.34. The summed E-state index contributed by atoms with van der Waals surface area (Å²) >= 11 is 1.44. The zero-order valence-electron chi connectivity index (χ0n) is 21.3. The van der Waals surface area contributed by atoms with E-state index in [0.717, 1.165) is 17.0 Å². The number of rotatable bonds is 11. The molecule has 0 saturated heterocycles. The number of carbonyl (C=O) groups excluding carboxylic acids is 1. The Kier molecular flexibility index (Phi) is 10.0. The Morgan fingerprint density at radius 1 is 1.34 bits per heavy atom. The number of aliphatic hydroxyl groups is 1. The number of benzene rings is 1. The first kappa shape index (κ1) is 29.7. The molecule has 1 aromatic heterocycles. The number of thiazole rings is 1. The van der Waals surface area contributed by atoms with Gasteiger partial charge in [-0.2, -0.15) is 13.2 Å². The summed E-state index contributed by atoms with van der Waals surface area (Å²) in [6.45, 7) is 2.23. The molecule has 1 saturated carbocycles. The van der Waals surface area contributed by atoms with Gasteiger partial charge in [-0.3, -0.25) is 4.79 Å². The molecule has 0 bridgehead atoms. The molecule has 0 spiro atoms. The van der Waals surface area contributed by atoms with Crippen LogP contribution in [0.4, 0.5) is 13.2 Å². The highest BCUT2D eigenvalue weighted by atomic mass is 32.1. The molecule has 1 atom stereocenters. The molecule has 0 unspecified atom stereocenters. The van der Waals surface area contributed by atoms with E-state index in [1.165, 1.54) is 23.5 Å². The molecule has 208 valence electrons. The van der Waals surface area contributed by atoms with Crippen LogP contribution in [0.3, 0.4) is 0 Å². The zero-order chi connectivity index (χ0) is 27.9. The maximum absolute atomic E-state index is 13.0. The minimum absolute atomic E-state index is 0.00192. The highest BCUT2D eigenvalue weighted by Crippen LogP contribution is 2.41. The second kappa shape index (κ2) is 12.8. The van der Waals surface area contributed by atoms with Crippen molar-refractivity contribution in [3.63, 3.8) is 0 Å². The molecule has 0 aliphatic heterocycles. The normalized spacial score (nSPS) is 21.2. The van der Waals surface area contributed by atoms with E-state index in [-0.39, 0.29) is 42.0 Å². The number of oxime groups is 1. The van der Waals surface area contributed by atoms with Crippen LogP contribution < -0.4 is 5.32 Å². The van der Waals surface area contributed by atoms with Gasteiger partial charge in [0, 0.05) is 44.3 Å². The van der Waals surface area contributed by atoms with Crippen molar-refractivity contribution in [2.75, 3.05) is 7.11 Å². The number of nitrogens with zero attached hydrogens (tertiary/aromatic N) is 2. The molecule has 0 radical (unpaired) electrons. The van der Waals surface area contributed by atoms with Crippen molar-refractivity contribution in [1.82, 2.24) is 10.3 Å². The van der Waals surface area contributed by atoms with Gasteiger partial charge in [0.25, 0.3) is 0 Å². The van der Waals surface area contributed by atoms with Gasteiger partial charge >= 0.3 is 6.18 Å². The second-order valence-corrected chi connectivity index (χ2v) is 10.8. The summed E-state index contributed by atoms with van der Waals surface area (Å²) in [5.41, 5.74) is -1.29. The molecule has 1 fully saturated rings. The molecule has 38 heavy (non-hydrogen) atoms. The third kappa shape index (κ3) is 7.84. The van der Waals surface area contributed by atoms with Gasteiger partial charge in [0.15, 0.2) is 0 Å². The van der Waals surface area contributed by atoms with Crippen LogP contribution in [0.1, 0.15) is 72.9 Å². The maximum atomic E-state index is 13.0. The first-order chi connectivity index (χ1) is 17.9. The number of amides is 1. The number of alkyl halides is 3. The molecule has 3 rings (SSSR count). The molecule has 1 aliphatic rings. The summed E-state index contributed by atoms with van der Waals surface area (Å²) in [5.74, 6) is -0.353. The van der Waals surface area contributed by atoms with Crippen LogP contribution in [-0.4, -0.2) is 45.8 Å². The topological polar surface area (TPSA) is 128 Å². The van der Waals surface area contributed by atoms with Gasteiger partial charge in [0.2, 0.25) is 5.91 Å². The predicted octanol–water partition coefficient (Wildman–Crippen LogP) is 5.26. The Labute approximate surface area is 223 Å². The monoisotopic (exact) mass is 554 g/mol. The fourth-order valence-electron chi connectivity index (χ4n) is 4.64. The van der Waals surface area contributed by atoms with Crippen LogP contribution in [0.15, 0.2) is 35.6 Å². The predicted molar refractivity (Wildman–Crippen MR) is 138 cm³/mol. The lowest BCUT2D eigenvalue weighted by molar-refractivity contribution is -0.137. The number of hydrogen-bond donors (Lipinski definition) is 4. The fourth-order valence-corrected chi connectivity index (χ4v) is 5.67. The van der Waals surface area contributed by atoms with E-state index < -0.39 is 17.3 Å². The van der Waals surface area contributed by atoms with Gasteiger partial charge in [-0.05, 0) is 56.2 Å². The number of ether oxygens (including phenoxy) is 1. The SMILES string of the molecule is COCc1cnc(C2(O)CCC(C(=N)C[C@@H](C)NC(=O)CC/C(=N\O)c3cccc(C(F)(F)F)c3)CC2)s1. The third-order valence-electron chi connectivity index (χ3n) is 6.71. The van der Waals surface area contributed by atoms with Gasteiger partial charge in [0.05, 0.1) is 22.8 Å². The van der Waals surface area contributed by atoms with Crippen LogP contribution in [-0.2, 0) is 27.9 Å². The van der Waals surface area contributed by atoms with Crippen LogP contribution in [0, 0.1) is 11.3 Å². The average molecular weight is 555 g/mol. The van der Waals surface area contributed by atoms with Gasteiger partial charge in [-0.25, -0.2) is 4.98 Å². The first-order valence-corrected chi connectivity index (χ1v) is 13.2. The minimum atomic E-state index is -4.53. The second-order valence-electron chi connectivity index (χ2n) is 9.69. The number of hydrogen-bond acceptors (Lipinski definition) is 8. The van der Waals surface area contributed by atoms with Gasteiger partial charge in [-0.15, -0.1) is 11.3 Å². The van der Waals surface area contributed by atoms with E-state index in [4.69, 9.17) is 10.1 Å². The van der Waals surface area contributed by atoms with Crippen LogP contribution >= 0.6 is 11.3 Å². The lowest BCUT2D eigenvalue weighted by atomic mass is 9.76. The fraction of sp³-hybridized carbons (Fsp3) is 0.538. The standard InChI is InChI=1S/C26H33F3N4O4S/c1-16(32-23(34)7-6-22(33-36)18-4-3-5-19(13-18)26(27,28)29)12-21(30)17-8-10-25(35,11-9-17)24-31-14-20(38-24)15-37-2/h3-5,13-14,16-17,30,35-36H,6-12,15H2,1-2H3,(H,32,34)/b30-21?,33-22+/t16-,17?,25?/m1/s1. The molecular formula is C26H33F3N4O4S. The lowest BCUT2D eigenvalue weighted by Gasteiger charge is -2.35. The van der Waals surface area contributed by atoms with E-state index in [1.54, 1.807) is 20.2 Å². The van der Waals surface area contributed by atoms with Crippen molar-refractivity contribution in [3.8, 4) is 0 Å². The quantitative estimate of drug-likeness (QED) is 0.171. The summed E-state index contributed by atoms with van der Waals surface area (Å²) in [7, 11) is 1.61. The van der Waals surface area contributed by atoms with Gasteiger partial charge in [-0.1, -0.05) is 17.3 Å². The largest absolute Gasteiger partial charge is 0.416 e. The lowest BCUT2D eigenvalue weighted by Crippen LogP contribution is -2.37. The van der Waals surface area contributed by atoms with E-state index in [0.29, 0.717) is 49.4 Å². The summed E-state index contributed by atoms with van der Waals surface area (Å²) in [5, 5.41) is 35.5. The third-order valence-corrected chi connectivity index (χ3v) is 7.87. The van der Waals surface area contributed by atoms with Crippen LogP contribution in [0.25, 0.3) is 0 Å². The molecule has 2 aromatic rings. The molecule has 1 heterocycles. The van der Waals surface area contributed by atoms with Crippen LogP contribution in [0.2, 0.25) is 0 Å². The van der Waals surface area contributed by atoms with Crippen molar-refractivity contribution in [2.24, 2.45) is 11.1 Å². The zero-order valence-corrected chi connectivity index (χ0v) is 22.2. The molecule has 4 N–H and O–H groups in total. The van der Waals surface area contributed by atoms with Crippen LogP contribution in [0.5, 0.6) is 0 Å². The number of carbonyl (C=O) groups is 1. The maximum Gasteiger partial charge on any atom is 0.416 e. The van der Waals surface area contributed by atoms with Crippen molar-refractivity contribution in [3.05, 3.63) is 51.5 Å². The van der Waals surface area contributed by atoms with Crippen molar-refractivity contribution >= 4 is 28.7 Å². The molecule has 8 nitrogen and oxygen atoms in total. The summed E-state index contributed by atoms with van der Waals surface area (Å²) in [4.78, 5) is 17.7. The number of aromatic nitrogens is 1. The van der Waals surface area contributed by atoms with E-state index in [2.05, 4.69) is 15.5 Å². The molecule has 12 heteroatoms. The van der Waals surface area contributed by atoms with Crippen molar-refractivity contribution in [1.29, 1.82) is 5.41 Å². The molecular weight excluding hydrogens is 521 g/mol. The van der Waals surface area contributed by atoms with Gasteiger partial charge in [0.1, 0.15) is 10.6 Å². The van der Waals surface area contributed by atoms with Crippen molar-refractivity contribution in [2.45, 2.75) is 76.3 Å². The smallest absolute Gasteiger partial charge is 0.411 e. The van der Waals surface area contributed by atoms with Gasteiger partial charge < -0.3 is 25.8 Å². The summed E-state index contributed by atoms with van der Waals surface area (Å²) < 4.78 is 44.0. The number of halogens is 3. The van der Waals surface area contributed by atoms with E-state index >= 15 is 0 Å². The molecule has 1 aromatic carbocycles. The minimum Gasteiger partial charge on any atom is -0.411 e. The Bertz CT molecular complexity index is 1140. The number of nitrogens with one attached hydrogen (secondary N) is 2. The molecule has 1 amide bonds. The highest BCUT2D eigenvalue weighted by Gasteiger charge is 2.38. The molecule has 1 aliphatic carbocycles. The summed E-state index contributed by atoms with van der Waals surface area (Å²) in [6, 6.07) is 4.10. The Morgan fingerprint density at radius 3 is 2.68 bits per heavy atom. The highest BCUT2D eigenvalue weighted by molar-refractivity contribution is 7.11. The Morgan fingerprint density at radius 2 is 2.05 bits per heavy atom. The Hall–Kier alpha value is -2.83. The van der Waals surface area contributed by atoms with Crippen molar-refractivity contribution < 1.29 is 33.0 Å². The summed E-state index contributed by atoms with van der Waals surface area (Å²) in [6.07, 6.45) is -0.308. The van der Waals surface area contributed by atoms with E-state index in [1.807, 2.05) is 0 Å². The number of methoxy groups -OCH3 is 1. The van der Waals surface area contributed by atoms with E-state index in [9.17, 15) is 28.3 Å².